The topological polar surface area (TPSA) is 134 Å². The molecule has 1 N–H and O–H groups in total. The van der Waals surface area contributed by atoms with Gasteiger partial charge in [-0.05, 0) is 32.4 Å². The number of ketones is 1. The van der Waals surface area contributed by atoms with Crippen LogP contribution < -0.4 is 16.6 Å². The third-order valence-electron chi connectivity index (χ3n) is 5.21. The van der Waals surface area contributed by atoms with E-state index in [-0.39, 0.29) is 23.4 Å². The molecular formula is C22H25N5O6. The summed E-state index contributed by atoms with van der Waals surface area (Å²) in [7, 11) is 2.92. The molecule has 1 aromatic carbocycles. The molecule has 0 radical (unpaired) electrons. The van der Waals surface area contributed by atoms with Gasteiger partial charge in [0.15, 0.2) is 23.1 Å². The number of esters is 1. The van der Waals surface area contributed by atoms with E-state index in [1.54, 1.807) is 28.8 Å². The largest absolute Gasteiger partial charge is 0.453 e. The number of amides is 1. The lowest BCUT2D eigenvalue weighted by Crippen LogP contribution is -2.37. The van der Waals surface area contributed by atoms with Crippen LogP contribution in [0.15, 0.2) is 40.2 Å². The number of anilines is 1. The Morgan fingerprint density at radius 1 is 1.15 bits per heavy atom. The minimum atomic E-state index is -1.03. The van der Waals surface area contributed by atoms with Gasteiger partial charge in [0.2, 0.25) is 0 Å². The highest BCUT2D eigenvalue weighted by Crippen LogP contribution is 2.13. The molecule has 0 saturated carbocycles. The molecule has 2 aromatic heterocycles. The highest BCUT2D eigenvalue weighted by molar-refractivity contribution is 5.98. The number of Topliss-reactive ketones (excluding diaryl/α,β-unsaturated/α-hetero) is 1. The Morgan fingerprint density at radius 3 is 2.58 bits per heavy atom. The standard InChI is InChI=1S/C22H25N5O6/c1-13(28)15-7-5-8-16(11-15)24-20(30)14(2)33-17(29)9-6-10-27-12-23-19-18(27)21(31)26(4)22(32)25(19)3/h5,7-8,11-12,14H,6,9-10H2,1-4H3,(H,24,30)/t14-/m1/s1. The third kappa shape index (κ3) is 5.08. The number of aryl methyl sites for hydroxylation is 2. The lowest BCUT2D eigenvalue weighted by atomic mass is 10.1. The van der Waals surface area contributed by atoms with Gasteiger partial charge in [-0.3, -0.25) is 28.3 Å². The smallest absolute Gasteiger partial charge is 0.332 e. The van der Waals surface area contributed by atoms with E-state index < -0.39 is 29.2 Å². The first-order valence-corrected chi connectivity index (χ1v) is 10.3. The fraction of sp³-hybridized carbons (Fsp3) is 0.364. The summed E-state index contributed by atoms with van der Waals surface area (Å²) in [5.41, 5.74) is 0.491. The van der Waals surface area contributed by atoms with Gasteiger partial charge in [-0.25, -0.2) is 9.78 Å². The predicted molar refractivity (Wildman–Crippen MR) is 120 cm³/mol. The summed E-state index contributed by atoms with van der Waals surface area (Å²) < 4.78 is 9.07. The molecule has 0 fully saturated rings. The lowest BCUT2D eigenvalue weighted by molar-refractivity contribution is -0.153. The van der Waals surface area contributed by atoms with Gasteiger partial charge in [0.05, 0.1) is 6.33 Å². The van der Waals surface area contributed by atoms with Crippen molar-refractivity contribution in [1.82, 2.24) is 18.7 Å². The lowest BCUT2D eigenvalue weighted by Gasteiger charge is -2.14. The summed E-state index contributed by atoms with van der Waals surface area (Å²) in [5.74, 6) is -1.22. The Labute approximate surface area is 188 Å². The number of carbonyl (C=O) groups excluding carboxylic acids is 3. The van der Waals surface area contributed by atoms with E-state index in [4.69, 9.17) is 4.74 Å². The number of imidazole rings is 1. The Kier molecular flexibility index (Phi) is 6.90. The van der Waals surface area contributed by atoms with Gasteiger partial charge in [0.1, 0.15) is 0 Å². The van der Waals surface area contributed by atoms with Crippen molar-refractivity contribution >= 4 is 34.5 Å². The van der Waals surface area contributed by atoms with Crippen molar-refractivity contribution in [3.05, 3.63) is 57.0 Å². The van der Waals surface area contributed by atoms with E-state index in [1.807, 2.05) is 0 Å². The second-order valence-corrected chi connectivity index (χ2v) is 7.68. The van der Waals surface area contributed by atoms with E-state index in [0.717, 1.165) is 4.57 Å². The van der Waals surface area contributed by atoms with Gasteiger partial charge in [0, 0.05) is 38.3 Å². The van der Waals surface area contributed by atoms with Gasteiger partial charge in [-0.2, -0.15) is 0 Å². The predicted octanol–water partition coefficient (Wildman–Crippen LogP) is 0.987. The average Bonchev–Trinajstić information content (AvgIpc) is 3.20. The minimum Gasteiger partial charge on any atom is -0.453 e. The molecule has 3 aromatic rings. The molecule has 11 heteroatoms. The summed E-state index contributed by atoms with van der Waals surface area (Å²) in [5, 5.41) is 2.62. The van der Waals surface area contributed by atoms with Crippen LogP contribution >= 0.6 is 0 Å². The first-order valence-electron chi connectivity index (χ1n) is 10.3. The van der Waals surface area contributed by atoms with Crippen molar-refractivity contribution in [3.63, 3.8) is 0 Å². The first-order chi connectivity index (χ1) is 15.6. The average molecular weight is 455 g/mol. The third-order valence-corrected chi connectivity index (χ3v) is 5.21. The molecule has 1 atom stereocenters. The minimum absolute atomic E-state index is 0.0171. The van der Waals surface area contributed by atoms with E-state index in [2.05, 4.69) is 10.3 Å². The zero-order chi connectivity index (χ0) is 24.3. The number of hydrogen-bond donors (Lipinski definition) is 1. The molecule has 1 amide bonds. The number of fused-ring (bicyclic) bond motifs is 1. The molecule has 0 saturated heterocycles. The monoisotopic (exact) mass is 455 g/mol. The number of aromatic nitrogens is 4. The van der Waals surface area contributed by atoms with Gasteiger partial charge in [0.25, 0.3) is 11.5 Å². The molecule has 0 unspecified atom stereocenters. The Bertz CT molecular complexity index is 1350. The molecule has 174 valence electrons. The van der Waals surface area contributed by atoms with Crippen LogP contribution in [0, 0.1) is 0 Å². The maximum Gasteiger partial charge on any atom is 0.332 e. The number of ether oxygens (including phenoxy) is 1. The summed E-state index contributed by atoms with van der Waals surface area (Å²) in [6, 6.07) is 6.47. The van der Waals surface area contributed by atoms with Crippen LogP contribution in [0.1, 0.15) is 37.0 Å². The van der Waals surface area contributed by atoms with Crippen LogP contribution in [0.4, 0.5) is 5.69 Å². The molecule has 33 heavy (non-hydrogen) atoms. The van der Waals surface area contributed by atoms with Crippen LogP contribution in [0.25, 0.3) is 11.2 Å². The highest BCUT2D eigenvalue weighted by Gasteiger charge is 2.19. The normalized spacial score (nSPS) is 11.9. The molecule has 0 bridgehead atoms. The van der Waals surface area contributed by atoms with E-state index >= 15 is 0 Å². The zero-order valence-electron chi connectivity index (χ0n) is 18.8. The summed E-state index contributed by atoms with van der Waals surface area (Å²) in [4.78, 5) is 64.5. The van der Waals surface area contributed by atoms with E-state index in [1.165, 1.54) is 38.8 Å². The van der Waals surface area contributed by atoms with Crippen molar-refractivity contribution in [2.45, 2.75) is 39.3 Å². The van der Waals surface area contributed by atoms with E-state index in [0.29, 0.717) is 24.2 Å². The molecule has 2 heterocycles. The van der Waals surface area contributed by atoms with E-state index in [9.17, 15) is 24.0 Å². The fourth-order valence-electron chi connectivity index (χ4n) is 3.33. The van der Waals surface area contributed by atoms with Crippen molar-refractivity contribution in [1.29, 1.82) is 0 Å². The molecule has 0 aliphatic carbocycles. The van der Waals surface area contributed by atoms with Crippen molar-refractivity contribution in [2.75, 3.05) is 5.32 Å². The van der Waals surface area contributed by atoms with Crippen LogP contribution in [0.3, 0.4) is 0 Å². The molecule has 0 aliphatic heterocycles. The van der Waals surface area contributed by atoms with Crippen LogP contribution in [-0.2, 0) is 35.0 Å². The number of nitrogens with one attached hydrogen (secondary N) is 1. The summed E-state index contributed by atoms with van der Waals surface area (Å²) >= 11 is 0. The quantitative estimate of drug-likeness (QED) is 0.395. The van der Waals surface area contributed by atoms with Crippen molar-refractivity contribution in [2.24, 2.45) is 14.1 Å². The molecular weight excluding hydrogens is 430 g/mol. The maximum atomic E-state index is 12.4. The second kappa shape index (κ2) is 9.63. The van der Waals surface area contributed by atoms with Gasteiger partial charge < -0.3 is 14.6 Å². The molecule has 0 aliphatic rings. The van der Waals surface area contributed by atoms with Crippen LogP contribution in [-0.4, -0.2) is 42.4 Å². The zero-order valence-corrected chi connectivity index (χ0v) is 18.8. The van der Waals surface area contributed by atoms with Crippen molar-refractivity contribution < 1.29 is 19.1 Å². The Hall–Kier alpha value is -4.02. The van der Waals surface area contributed by atoms with Crippen LogP contribution in [0.5, 0.6) is 0 Å². The second-order valence-electron chi connectivity index (χ2n) is 7.68. The molecule has 11 nitrogen and oxygen atoms in total. The van der Waals surface area contributed by atoms with Crippen LogP contribution in [0.2, 0.25) is 0 Å². The maximum absolute atomic E-state index is 12.4. The van der Waals surface area contributed by atoms with Gasteiger partial charge in [-0.1, -0.05) is 12.1 Å². The number of benzene rings is 1. The summed E-state index contributed by atoms with van der Waals surface area (Å²) in [6.45, 7) is 3.18. The summed E-state index contributed by atoms with van der Waals surface area (Å²) in [6.07, 6.45) is 0.769. The number of nitrogens with zero attached hydrogens (tertiary/aromatic N) is 4. The number of hydrogen-bond acceptors (Lipinski definition) is 7. The fourth-order valence-corrected chi connectivity index (χ4v) is 3.33. The first kappa shape index (κ1) is 23.6. The SMILES string of the molecule is CC(=O)c1cccc(NC(=O)[C@@H](C)OC(=O)CCCn2cnc3c2c(=O)n(C)c(=O)n3C)c1. The molecule has 3 rings (SSSR count). The van der Waals surface area contributed by atoms with Crippen molar-refractivity contribution in [3.8, 4) is 0 Å². The van der Waals surface area contributed by atoms with Gasteiger partial charge in [-0.15, -0.1) is 0 Å². The number of rotatable bonds is 8. The van der Waals surface area contributed by atoms with Gasteiger partial charge >= 0.3 is 11.7 Å². The number of carbonyl (C=O) groups is 3. The Balaban J connectivity index is 1.56. The molecule has 0 spiro atoms. The highest BCUT2D eigenvalue weighted by atomic mass is 16.5. The Morgan fingerprint density at radius 2 is 1.88 bits per heavy atom.